The van der Waals surface area contributed by atoms with Gasteiger partial charge in [-0.2, -0.15) is 11.8 Å². The van der Waals surface area contributed by atoms with Gasteiger partial charge >= 0.3 is 0 Å². The van der Waals surface area contributed by atoms with Gasteiger partial charge in [0.05, 0.1) is 0 Å². The maximum absolute atomic E-state index is 5.98. The van der Waals surface area contributed by atoms with Crippen molar-refractivity contribution in [1.29, 1.82) is 0 Å². The van der Waals surface area contributed by atoms with Crippen LogP contribution in [0.3, 0.4) is 0 Å². The molecule has 5 heteroatoms. The van der Waals surface area contributed by atoms with Crippen molar-refractivity contribution in [2.75, 3.05) is 12.0 Å². The van der Waals surface area contributed by atoms with Crippen LogP contribution < -0.4 is 0 Å². The fraction of sp³-hybridized carbons (Fsp3) is 0.800. The molecule has 0 saturated carbocycles. The first-order chi connectivity index (χ1) is 7.29. The van der Waals surface area contributed by atoms with Crippen molar-refractivity contribution in [3.63, 3.8) is 0 Å². The Hall–Kier alpha value is -0.220. The van der Waals surface area contributed by atoms with Crippen LogP contribution in [0.4, 0.5) is 0 Å². The van der Waals surface area contributed by atoms with Gasteiger partial charge in [0.2, 0.25) is 5.28 Å². The number of hydrogen-bond acceptors (Lipinski definition) is 3. The summed E-state index contributed by atoms with van der Waals surface area (Å²) >= 11 is 7.86. The van der Waals surface area contributed by atoms with E-state index in [4.69, 9.17) is 11.6 Å². The predicted octanol–water partition coefficient (Wildman–Crippen LogP) is 3.03. The Morgan fingerprint density at radius 1 is 1.33 bits per heavy atom. The molecule has 0 atom stereocenters. The normalized spacial score (nSPS) is 10.9. The molecule has 1 aromatic heterocycles. The molecule has 0 aromatic carbocycles. The standard InChI is InChI=1S/C10H18ClN3S/c1-3-6-9-12-13-10(11)14(9)7-4-5-8-15-2/h3-8H2,1-2H3. The van der Waals surface area contributed by atoms with E-state index in [-0.39, 0.29) is 0 Å². The minimum atomic E-state index is 0.530. The summed E-state index contributed by atoms with van der Waals surface area (Å²) in [6, 6.07) is 0. The van der Waals surface area contributed by atoms with Crippen molar-refractivity contribution in [2.24, 2.45) is 0 Å². The number of thioether (sulfide) groups is 1. The first-order valence-electron chi connectivity index (χ1n) is 5.36. The van der Waals surface area contributed by atoms with Crippen LogP contribution in [0.2, 0.25) is 5.28 Å². The Bertz CT molecular complexity index is 288. The molecular weight excluding hydrogens is 230 g/mol. The second-order valence-corrected chi connectivity index (χ2v) is 4.81. The molecule has 1 aromatic rings. The molecule has 15 heavy (non-hydrogen) atoms. The molecule has 0 fully saturated rings. The van der Waals surface area contributed by atoms with Gasteiger partial charge in [-0.05, 0) is 42.9 Å². The molecule has 86 valence electrons. The first-order valence-corrected chi connectivity index (χ1v) is 7.13. The van der Waals surface area contributed by atoms with Crippen LogP contribution in [0.1, 0.15) is 32.0 Å². The van der Waals surface area contributed by atoms with Crippen molar-refractivity contribution in [3.8, 4) is 0 Å². The molecular formula is C10H18ClN3S. The molecule has 0 spiro atoms. The highest BCUT2D eigenvalue weighted by Crippen LogP contribution is 2.12. The zero-order valence-electron chi connectivity index (χ0n) is 9.37. The lowest BCUT2D eigenvalue weighted by Crippen LogP contribution is -2.04. The van der Waals surface area contributed by atoms with E-state index >= 15 is 0 Å². The summed E-state index contributed by atoms with van der Waals surface area (Å²) in [5.41, 5.74) is 0. The van der Waals surface area contributed by atoms with Gasteiger partial charge in [-0.3, -0.25) is 0 Å². The SMILES string of the molecule is CCCc1nnc(Cl)n1CCCCSC. The van der Waals surface area contributed by atoms with E-state index in [0.29, 0.717) is 5.28 Å². The Balaban J connectivity index is 2.46. The molecule has 0 bridgehead atoms. The zero-order valence-corrected chi connectivity index (χ0v) is 10.9. The van der Waals surface area contributed by atoms with Crippen molar-refractivity contribution in [3.05, 3.63) is 11.1 Å². The lowest BCUT2D eigenvalue weighted by atomic mass is 10.3. The van der Waals surface area contributed by atoms with Crippen LogP contribution in [-0.2, 0) is 13.0 Å². The highest BCUT2D eigenvalue weighted by molar-refractivity contribution is 7.98. The number of hydrogen-bond donors (Lipinski definition) is 0. The van der Waals surface area contributed by atoms with E-state index in [1.54, 1.807) is 0 Å². The average Bonchev–Trinajstić information content (AvgIpc) is 2.56. The fourth-order valence-electron chi connectivity index (χ4n) is 1.46. The molecule has 0 aliphatic heterocycles. The summed E-state index contributed by atoms with van der Waals surface area (Å²) in [5, 5.41) is 8.52. The van der Waals surface area contributed by atoms with Crippen LogP contribution in [0.5, 0.6) is 0 Å². The van der Waals surface area contributed by atoms with Crippen LogP contribution in [0, 0.1) is 0 Å². The predicted molar refractivity (Wildman–Crippen MR) is 66.6 cm³/mol. The second-order valence-electron chi connectivity index (χ2n) is 3.49. The van der Waals surface area contributed by atoms with Gasteiger partial charge in [0.15, 0.2) is 0 Å². The second kappa shape index (κ2) is 7.12. The third-order valence-corrected chi connectivity index (χ3v) is 3.21. The molecule has 1 heterocycles. The Kier molecular flexibility index (Phi) is 6.10. The molecule has 0 amide bonds. The number of aryl methyl sites for hydroxylation is 1. The maximum atomic E-state index is 5.98. The van der Waals surface area contributed by atoms with E-state index in [2.05, 4.69) is 23.4 Å². The topological polar surface area (TPSA) is 30.7 Å². The summed E-state index contributed by atoms with van der Waals surface area (Å²) in [5.74, 6) is 2.23. The molecule has 0 aliphatic rings. The van der Waals surface area contributed by atoms with Gasteiger partial charge < -0.3 is 4.57 Å². The molecule has 0 unspecified atom stereocenters. The summed E-state index contributed by atoms with van der Waals surface area (Å²) in [6.07, 6.45) is 6.55. The van der Waals surface area contributed by atoms with Gasteiger partial charge in [0.25, 0.3) is 0 Å². The first kappa shape index (κ1) is 12.8. The van der Waals surface area contributed by atoms with Gasteiger partial charge in [0, 0.05) is 13.0 Å². The molecule has 1 rings (SSSR count). The van der Waals surface area contributed by atoms with E-state index < -0.39 is 0 Å². The number of halogens is 1. The van der Waals surface area contributed by atoms with E-state index in [0.717, 1.165) is 31.6 Å². The summed E-state index contributed by atoms with van der Waals surface area (Å²) < 4.78 is 2.03. The zero-order chi connectivity index (χ0) is 11.1. The minimum Gasteiger partial charge on any atom is -0.302 e. The summed E-state index contributed by atoms with van der Waals surface area (Å²) in [4.78, 5) is 0. The van der Waals surface area contributed by atoms with E-state index in [1.807, 2.05) is 16.3 Å². The van der Waals surface area contributed by atoms with Crippen LogP contribution in [0.15, 0.2) is 0 Å². The highest BCUT2D eigenvalue weighted by atomic mass is 35.5. The number of rotatable bonds is 7. The molecule has 0 aliphatic carbocycles. The quantitative estimate of drug-likeness (QED) is 0.694. The number of unbranched alkanes of at least 4 members (excludes halogenated alkanes) is 1. The average molecular weight is 248 g/mol. The molecule has 0 radical (unpaired) electrons. The van der Waals surface area contributed by atoms with Crippen LogP contribution >= 0.6 is 23.4 Å². The van der Waals surface area contributed by atoms with Crippen LogP contribution in [-0.4, -0.2) is 26.8 Å². The summed E-state index contributed by atoms with van der Waals surface area (Å²) in [7, 11) is 0. The van der Waals surface area contributed by atoms with Gasteiger partial charge in [-0.1, -0.05) is 6.92 Å². The fourth-order valence-corrected chi connectivity index (χ4v) is 2.17. The lowest BCUT2D eigenvalue weighted by Gasteiger charge is -2.06. The maximum Gasteiger partial charge on any atom is 0.225 e. The third-order valence-electron chi connectivity index (χ3n) is 2.24. The third kappa shape index (κ3) is 4.03. The molecule has 0 saturated heterocycles. The smallest absolute Gasteiger partial charge is 0.225 e. The van der Waals surface area contributed by atoms with Crippen molar-refractivity contribution >= 4 is 23.4 Å². The van der Waals surface area contributed by atoms with Crippen molar-refractivity contribution < 1.29 is 0 Å². The number of nitrogens with zero attached hydrogens (tertiary/aromatic N) is 3. The Morgan fingerprint density at radius 3 is 2.80 bits per heavy atom. The van der Waals surface area contributed by atoms with Gasteiger partial charge in [-0.25, -0.2) is 0 Å². The van der Waals surface area contributed by atoms with Crippen molar-refractivity contribution in [1.82, 2.24) is 14.8 Å². The monoisotopic (exact) mass is 247 g/mol. The van der Waals surface area contributed by atoms with E-state index in [1.165, 1.54) is 12.2 Å². The Labute approximate surface area is 101 Å². The highest BCUT2D eigenvalue weighted by Gasteiger charge is 2.08. The van der Waals surface area contributed by atoms with Gasteiger partial charge in [-0.15, -0.1) is 10.2 Å². The van der Waals surface area contributed by atoms with Crippen molar-refractivity contribution in [2.45, 2.75) is 39.2 Å². The largest absolute Gasteiger partial charge is 0.302 e. The minimum absolute atomic E-state index is 0.530. The molecule has 0 N–H and O–H groups in total. The molecule has 3 nitrogen and oxygen atoms in total. The summed E-state index contributed by atoms with van der Waals surface area (Å²) in [6.45, 7) is 3.09. The van der Waals surface area contributed by atoms with Crippen LogP contribution in [0.25, 0.3) is 0 Å². The number of aromatic nitrogens is 3. The van der Waals surface area contributed by atoms with Gasteiger partial charge in [0.1, 0.15) is 5.82 Å². The lowest BCUT2D eigenvalue weighted by molar-refractivity contribution is 0.600. The van der Waals surface area contributed by atoms with E-state index in [9.17, 15) is 0 Å². The Morgan fingerprint density at radius 2 is 2.13 bits per heavy atom.